The normalized spacial score (nSPS) is 11.0. The van der Waals surface area contributed by atoms with Crippen LogP contribution in [0.1, 0.15) is 41.4 Å². The Morgan fingerprint density at radius 1 is 1.00 bits per heavy atom. The molecule has 5 heteroatoms. The molecule has 1 aromatic heterocycles. The van der Waals surface area contributed by atoms with Gasteiger partial charge in [-0.05, 0) is 42.7 Å². The summed E-state index contributed by atoms with van der Waals surface area (Å²) < 4.78 is 3.21. The van der Waals surface area contributed by atoms with E-state index < -0.39 is 5.91 Å². The highest BCUT2D eigenvalue weighted by Crippen LogP contribution is 2.18. The fraction of sp³-hybridized carbons (Fsp3) is 0.238. The van der Waals surface area contributed by atoms with Crippen LogP contribution < -0.4 is 10.9 Å². The van der Waals surface area contributed by atoms with Crippen molar-refractivity contribution in [3.05, 3.63) is 81.8 Å². The van der Waals surface area contributed by atoms with Crippen LogP contribution in [0.2, 0.25) is 0 Å². The molecular weight excluding hydrogens is 326 g/mol. The Labute approximate surface area is 152 Å². The third-order valence-corrected chi connectivity index (χ3v) is 4.62. The molecular formula is C21H23N3O2. The van der Waals surface area contributed by atoms with Crippen LogP contribution in [0, 0.1) is 6.92 Å². The summed E-state index contributed by atoms with van der Waals surface area (Å²) in [6.45, 7) is 6.01. The molecule has 1 heterocycles. The number of carbonyl (C=O) groups excluding carboxylic acids is 1. The van der Waals surface area contributed by atoms with Crippen molar-refractivity contribution in [1.82, 2.24) is 9.36 Å². The summed E-state index contributed by atoms with van der Waals surface area (Å²) in [6, 6.07) is 17.0. The van der Waals surface area contributed by atoms with Gasteiger partial charge in [0.25, 0.3) is 11.5 Å². The van der Waals surface area contributed by atoms with E-state index in [-0.39, 0.29) is 11.1 Å². The standard InChI is InChI=1S/C21H23N3O2/c1-14(2)16-10-12-17(13-11-16)22-20(25)19-15(3)23(4)24(21(19)26)18-8-6-5-7-9-18/h5-14H,1-4H3,(H,22,25). The lowest BCUT2D eigenvalue weighted by Crippen LogP contribution is -2.25. The lowest BCUT2D eigenvalue weighted by molar-refractivity contribution is 0.102. The minimum atomic E-state index is -0.393. The number of anilines is 1. The first-order valence-electron chi connectivity index (χ1n) is 8.65. The fourth-order valence-corrected chi connectivity index (χ4v) is 2.97. The molecule has 3 rings (SSSR count). The first kappa shape index (κ1) is 17.7. The minimum absolute atomic E-state index is 0.157. The van der Waals surface area contributed by atoms with Gasteiger partial charge in [0.05, 0.1) is 11.4 Å². The largest absolute Gasteiger partial charge is 0.322 e. The molecule has 3 aromatic rings. The van der Waals surface area contributed by atoms with Crippen molar-refractivity contribution in [2.24, 2.45) is 7.05 Å². The summed E-state index contributed by atoms with van der Waals surface area (Å²) in [5, 5.41) is 2.83. The van der Waals surface area contributed by atoms with Crippen molar-refractivity contribution in [1.29, 1.82) is 0 Å². The van der Waals surface area contributed by atoms with E-state index in [4.69, 9.17) is 0 Å². The van der Waals surface area contributed by atoms with Gasteiger partial charge in [-0.3, -0.25) is 14.3 Å². The Hall–Kier alpha value is -3.08. The highest BCUT2D eigenvalue weighted by molar-refractivity contribution is 6.04. The summed E-state index contributed by atoms with van der Waals surface area (Å²) in [7, 11) is 1.78. The third-order valence-electron chi connectivity index (χ3n) is 4.62. The molecule has 134 valence electrons. The number of nitrogens with zero attached hydrogens (tertiary/aromatic N) is 2. The van der Waals surface area contributed by atoms with E-state index >= 15 is 0 Å². The number of hydrogen-bond donors (Lipinski definition) is 1. The molecule has 0 saturated heterocycles. The molecule has 0 bridgehead atoms. The molecule has 0 spiro atoms. The number of aromatic nitrogens is 2. The zero-order valence-electron chi connectivity index (χ0n) is 15.5. The van der Waals surface area contributed by atoms with Gasteiger partial charge in [-0.25, -0.2) is 4.68 Å². The van der Waals surface area contributed by atoms with Crippen LogP contribution in [0.5, 0.6) is 0 Å². The van der Waals surface area contributed by atoms with E-state index in [1.807, 2.05) is 54.6 Å². The number of nitrogens with one attached hydrogen (secondary N) is 1. The quantitative estimate of drug-likeness (QED) is 0.777. The van der Waals surface area contributed by atoms with E-state index in [0.717, 1.165) is 5.69 Å². The second-order valence-electron chi connectivity index (χ2n) is 6.67. The van der Waals surface area contributed by atoms with Gasteiger partial charge in [0.1, 0.15) is 5.56 Å². The summed E-state index contributed by atoms with van der Waals surface area (Å²) in [6.07, 6.45) is 0. The zero-order valence-corrected chi connectivity index (χ0v) is 15.5. The summed E-state index contributed by atoms with van der Waals surface area (Å²) in [5.74, 6) is 0.0317. The molecule has 1 amide bonds. The van der Waals surface area contributed by atoms with Crippen LogP contribution in [0.3, 0.4) is 0 Å². The smallest absolute Gasteiger partial charge is 0.284 e. The van der Waals surface area contributed by atoms with E-state index in [9.17, 15) is 9.59 Å². The molecule has 0 atom stereocenters. The second-order valence-corrected chi connectivity index (χ2v) is 6.67. The maximum absolute atomic E-state index is 12.9. The molecule has 0 radical (unpaired) electrons. The molecule has 26 heavy (non-hydrogen) atoms. The van der Waals surface area contributed by atoms with Crippen LogP contribution in [0.4, 0.5) is 5.69 Å². The lowest BCUT2D eigenvalue weighted by Gasteiger charge is -2.08. The van der Waals surface area contributed by atoms with Gasteiger partial charge in [-0.15, -0.1) is 0 Å². The number of para-hydroxylation sites is 1. The van der Waals surface area contributed by atoms with Crippen molar-refractivity contribution in [3.8, 4) is 5.69 Å². The van der Waals surface area contributed by atoms with E-state index in [0.29, 0.717) is 17.3 Å². The van der Waals surface area contributed by atoms with Gasteiger partial charge in [0.15, 0.2) is 0 Å². The average Bonchev–Trinajstić information content (AvgIpc) is 2.85. The van der Waals surface area contributed by atoms with E-state index in [1.54, 1.807) is 18.7 Å². The Bertz CT molecular complexity index is 981. The SMILES string of the molecule is Cc1c(C(=O)Nc2ccc(C(C)C)cc2)c(=O)n(-c2ccccc2)n1C. The monoisotopic (exact) mass is 349 g/mol. The summed E-state index contributed by atoms with van der Waals surface area (Å²) in [5.41, 5.74) is 3.05. The molecule has 1 N–H and O–H groups in total. The molecule has 5 nitrogen and oxygen atoms in total. The Morgan fingerprint density at radius 2 is 1.62 bits per heavy atom. The molecule has 0 unspecified atom stereocenters. The van der Waals surface area contributed by atoms with Crippen molar-refractivity contribution in [2.75, 3.05) is 5.32 Å². The second kappa shape index (κ2) is 7.04. The van der Waals surface area contributed by atoms with Gasteiger partial charge in [-0.1, -0.05) is 44.2 Å². The Kier molecular flexibility index (Phi) is 4.80. The molecule has 0 saturated carbocycles. The number of hydrogen-bond acceptors (Lipinski definition) is 2. The first-order chi connectivity index (χ1) is 12.4. The van der Waals surface area contributed by atoms with Gasteiger partial charge in [0, 0.05) is 12.7 Å². The lowest BCUT2D eigenvalue weighted by atomic mass is 10.0. The molecule has 2 aromatic carbocycles. The minimum Gasteiger partial charge on any atom is -0.322 e. The highest BCUT2D eigenvalue weighted by Gasteiger charge is 2.22. The molecule has 0 aliphatic carbocycles. The third kappa shape index (κ3) is 3.20. The topological polar surface area (TPSA) is 56.0 Å². The maximum atomic E-state index is 12.9. The summed E-state index contributed by atoms with van der Waals surface area (Å²) in [4.78, 5) is 25.6. The van der Waals surface area contributed by atoms with Crippen molar-refractivity contribution in [2.45, 2.75) is 26.7 Å². The number of rotatable bonds is 4. The van der Waals surface area contributed by atoms with Crippen LogP contribution >= 0.6 is 0 Å². The van der Waals surface area contributed by atoms with Crippen LogP contribution in [0.15, 0.2) is 59.4 Å². The average molecular weight is 349 g/mol. The van der Waals surface area contributed by atoms with Gasteiger partial charge >= 0.3 is 0 Å². The van der Waals surface area contributed by atoms with Gasteiger partial charge in [-0.2, -0.15) is 0 Å². The Balaban J connectivity index is 1.94. The van der Waals surface area contributed by atoms with Gasteiger partial charge in [0.2, 0.25) is 0 Å². The number of benzene rings is 2. The fourth-order valence-electron chi connectivity index (χ4n) is 2.97. The first-order valence-corrected chi connectivity index (χ1v) is 8.65. The van der Waals surface area contributed by atoms with E-state index in [2.05, 4.69) is 19.2 Å². The predicted molar refractivity (Wildman–Crippen MR) is 104 cm³/mol. The highest BCUT2D eigenvalue weighted by atomic mass is 16.2. The maximum Gasteiger partial charge on any atom is 0.284 e. The molecule has 0 aliphatic rings. The number of amides is 1. The molecule has 0 aliphatic heterocycles. The van der Waals surface area contributed by atoms with Crippen LogP contribution in [0.25, 0.3) is 5.69 Å². The van der Waals surface area contributed by atoms with Gasteiger partial charge < -0.3 is 5.32 Å². The predicted octanol–water partition coefficient (Wildman–Crippen LogP) is 3.86. The summed E-state index contributed by atoms with van der Waals surface area (Å²) >= 11 is 0. The van der Waals surface area contributed by atoms with E-state index in [1.165, 1.54) is 10.2 Å². The Morgan fingerprint density at radius 3 is 2.19 bits per heavy atom. The number of carbonyl (C=O) groups is 1. The van der Waals surface area contributed by atoms with Crippen molar-refractivity contribution in [3.63, 3.8) is 0 Å². The molecule has 0 fully saturated rings. The zero-order chi connectivity index (χ0) is 18.8. The van der Waals surface area contributed by atoms with Crippen molar-refractivity contribution >= 4 is 11.6 Å². The van der Waals surface area contributed by atoms with Crippen LogP contribution in [-0.4, -0.2) is 15.3 Å². The van der Waals surface area contributed by atoms with Crippen LogP contribution in [-0.2, 0) is 7.05 Å². The van der Waals surface area contributed by atoms with Crippen molar-refractivity contribution < 1.29 is 4.79 Å².